The Morgan fingerprint density at radius 1 is 1.55 bits per heavy atom. The predicted molar refractivity (Wildman–Crippen MR) is 71.3 cm³/mol. The van der Waals surface area contributed by atoms with Crippen LogP contribution in [0.1, 0.15) is 17.3 Å². The van der Waals surface area contributed by atoms with Gasteiger partial charge in [0.1, 0.15) is 0 Å². The number of carbonyl (C=O) groups excluding carboxylic acids is 2. The van der Waals surface area contributed by atoms with Crippen LogP contribution >= 0.6 is 0 Å². The molecular weight excluding hydrogens is 263 g/mol. The van der Waals surface area contributed by atoms with Crippen molar-refractivity contribution >= 4 is 11.7 Å². The minimum Gasteiger partial charge on any atom is -0.494 e. The standard InChI is InChI=1S/C14H17FN2O3/c1-9-14(19)16-5-6-17(9)8-12(18)10-3-4-13(20-2)11(15)7-10/h3-4,7,9H,5-6,8H2,1-2H3,(H,16,19). The molecule has 2 rings (SSSR count). The maximum absolute atomic E-state index is 13.6. The van der Waals surface area contributed by atoms with Crippen molar-refractivity contribution in [2.75, 3.05) is 26.7 Å². The Bertz CT molecular complexity index is 533. The fourth-order valence-electron chi connectivity index (χ4n) is 2.16. The van der Waals surface area contributed by atoms with E-state index in [2.05, 4.69) is 5.32 Å². The lowest BCUT2D eigenvalue weighted by Crippen LogP contribution is -2.55. The van der Waals surface area contributed by atoms with E-state index in [1.165, 1.54) is 19.2 Å². The Morgan fingerprint density at radius 2 is 2.30 bits per heavy atom. The third-order valence-corrected chi connectivity index (χ3v) is 3.45. The van der Waals surface area contributed by atoms with Crippen LogP contribution in [0, 0.1) is 5.82 Å². The number of hydrogen-bond donors (Lipinski definition) is 1. The molecule has 0 radical (unpaired) electrons. The highest BCUT2D eigenvalue weighted by atomic mass is 19.1. The Morgan fingerprint density at radius 3 is 2.95 bits per heavy atom. The predicted octanol–water partition coefficient (Wildman–Crippen LogP) is 0.837. The first-order chi connectivity index (χ1) is 9.52. The van der Waals surface area contributed by atoms with Gasteiger partial charge in [-0.3, -0.25) is 14.5 Å². The molecule has 0 aromatic heterocycles. The van der Waals surface area contributed by atoms with Gasteiger partial charge in [-0.2, -0.15) is 0 Å². The summed E-state index contributed by atoms with van der Waals surface area (Å²) in [4.78, 5) is 25.4. The Balaban J connectivity index is 2.08. The van der Waals surface area contributed by atoms with Crippen LogP contribution in [0.4, 0.5) is 4.39 Å². The van der Waals surface area contributed by atoms with E-state index in [-0.39, 0.29) is 35.6 Å². The number of piperazine rings is 1. The summed E-state index contributed by atoms with van der Waals surface area (Å²) in [6, 6.07) is 3.76. The molecule has 0 spiro atoms. The van der Waals surface area contributed by atoms with Crippen LogP contribution in [0.25, 0.3) is 0 Å². The number of nitrogens with one attached hydrogen (secondary N) is 1. The number of rotatable bonds is 4. The van der Waals surface area contributed by atoms with E-state index in [1.807, 2.05) is 0 Å². The van der Waals surface area contributed by atoms with Crippen molar-refractivity contribution in [3.05, 3.63) is 29.6 Å². The van der Waals surface area contributed by atoms with Crippen molar-refractivity contribution in [3.63, 3.8) is 0 Å². The zero-order valence-corrected chi connectivity index (χ0v) is 11.5. The van der Waals surface area contributed by atoms with E-state index < -0.39 is 5.82 Å². The zero-order valence-electron chi connectivity index (χ0n) is 11.5. The topological polar surface area (TPSA) is 58.6 Å². The van der Waals surface area contributed by atoms with Crippen molar-refractivity contribution in [2.45, 2.75) is 13.0 Å². The van der Waals surface area contributed by atoms with Crippen LogP contribution in [0.5, 0.6) is 5.75 Å². The van der Waals surface area contributed by atoms with Crippen LogP contribution in [0.2, 0.25) is 0 Å². The maximum atomic E-state index is 13.6. The molecule has 6 heteroatoms. The molecule has 1 amide bonds. The lowest BCUT2D eigenvalue weighted by Gasteiger charge is -2.32. The van der Waals surface area contributed by atoms with E-state index in [0.717, 1.165) is 6.07 Å². The van der Waals surface area contributed by atoms with Gasteiger partial charge in [0.15, 0.2) is 17.3 Å². The summed E-state index contributed by atoms with van der Waals surface area (Å²) in [6.45, 7) is 2.97. The van der Waals surface area contributed by atoms with Crippen molar-refractivity contribution in [1.82, 2.24) is 10.2 Å². The van der Waals surface area contributed by atoms with Crippen molar-refractivity contribution in [2.24, 2.45) is 0 Å². The lowest BCUT2D eigenvalue weighted by atomic mass is 10.1. The number of carbonyl (C=O) groups is 2. The van der Waals surface area contributed by atoms with E-state index in [9.17, 15) is 14.0 Å². The summed E-state index contributed by atoms with van der Waals surface area (Å²) >= 11 is 0. The van der Waals surface area contributed by atoms with Gasteiger partial charge in [0.05, 0.1) is 19.7 Å². The molecule has 1 aromatic carbocycles. The number of Topliss-reactive ketones (excluding diaryl/α,β-unsaturated/α-hetero) is 1. The van der Waals surface area contributed by atoms with Gasteiger partial charge in [-0.25, -0.2) is 4.39 Å². The van der Waals surface area contributed by atoms with E-state index in [1.54, 1.807) is 11.8 Å². The normalized spacial score (nSPS) is 19.6. The number of ketones is 1. The summed E-state index contributed by atoms with van der Waals surface area (Å²) in [6.07, 6.45) is 0. The Labute approximate surface area is 116 Å². The molecule has 1 fully saturated rings. The molecule has 0 aliphatic carbocycles. The van der Waals surface area contributed by atoms with Gasteiger partial charge in [-0.1, -0.05) is 0 Å². The summed E-state index contributed by atoms with van der Waals surface area (Å²) in [5, 5.41) is 2.73. The highest BCUT2D eigenvalue weighted by molar-refractivity contribution is 5.98. The fraction of sp³-hybridized carbons (Fsp3) is 0.429. The monoisotopic (exact) mass is 280 g/mol. The first-order valence-corrected chi connectivity index (χ1v) is 6.41. The molecule has 1 N–H and O–H groups in total. The minimum absolute atomic E-state index is 0.0926. The van der Waals surface area contributed by atoms with E-state index >= 15 is 0 Å². The average Bonchev–Trinajstić information content (AvgIpc) is 2.43. The maximum Gasteiger partial charge on any atom is 0.237 e. The highest BCUT2D eigenvalue weighted by Gasteiger charge is 2.27. The SMILES string of the molecule is COc1ccc(C(=O)CN2CCNC(=O)C2C)cc1F. The van der Waals surface area contributed by atoms with E-state index in [0.29, 0.717) is 13.1 Å². The van der Waals surface area contributed by atoms with Gasteiger partial charge in [-0.05, 0) is 25.1 Å². The van der Waals surface area contributed by atoms with Crippen LogP contribution < -0.4 is 10.1 Å². The van der Waals surface area contributed by atoms with Gasteiger partial charge in [0.2, 0.25) is 5.91 Å². The third kappa shape index (κ3) is 2.96. The summed E-state index contributed by atoms with van der Waals surface area (Å²) in [5.74, 6) is -0.770. The summed E-state index contributed by atoms with van der Waals surface area (Å²) < 4.78 is 18.4. The molecule has 0 saturated carbocycles. The first kappa shape index (κ1) is 14.5. The zero-order chi connectivity index (χ0) is 14.7. The number of ether oxygens (including phenoxy) is 1. The van der Waals surface area contributed by atoms with E-state index in [4.69, 9.17) is 4.74 Å². The molecule has 5 nitrogen and oxygen atoms in total. The molecular formula is C14H17FN2O3. The number of methoxy groups -OCH3 is 1. The van der Waals surface area contributed by atoms with Crippen molar-refractivity contribution < 1.29 is 18.7 Å². The van der Waals surface area contributed by atoms with Crippen molar-refractivity contribution in [3.8, 4) is 5.75 Å². The van der Waals surface area contributed by atoms with Crippen LogP contribution in [0.15, 0.2) is 18.2 Å². The smallest absolute Gasteiger partial charge is 0.237 e. The number of nitrogens with zero attached hydrogens (tertiary/aromatic N) is 1. The molecule has 108 valence electrons. The van der Waals surface area contributed by atoms with Gasteiger partial charge in [-0.15, -0.1) is 0 Å². The molecule has 20 heavy (non-hydrogen) atoms. The van der Waals surface area contributed by atoms with Crippen LogP contribution in [-0.4, -0.2) is 49.4 Å². The van der Waals surface area contributed by atoms with Gasteiger partial charge in [0.25, 0.3) is 0 Å². The minimum atomic E-state index is -0.567. The first-order valence-electron chi connectivity index (χ1n) is 6.41. The molecule has 1 aliphatic rings. The number of halogens is 1. The second kappa shape index (κ2) is 6.00. The number of hydrogen-bond acceptors (Lipinski definition) is 4. The molecule has 1 aromatic rings. The summed E-state index contributed by atoms with van der Waals surface area (Å²) in [7, 11) is 1.37. The molecule has 1 atom stereocenters. The molecule has 1 heterocycles. The lowest BCUT2D eigenvalue weighted by molar-refractivity contribution is -0.127. The third-order valence-electron chi connectivity index (χ3n) is 3.45. The van der Waals surface area contributed by atoms with Crippen LogP contribution in [0.3, 0.4) is 0 Å². The van der Waals surface area contributed by atoms with Gasteiger partial charge in [0, 0.05) is 18.7 Å². The molecule has 1 aliphatic heterocycles. The highest BCUT2D eigenvalue weighted by Crippen LogP contribution is 2.18. The molecule has 0 bridgehead atoms. The Hall–Kier alpha value is -1.95. The number of benzene rings is 1. The molecule has 1 unspecified atom stereocenters. The summed E-state index contributed by atoms with van der Waals surface area (Å²) in [5.41, 5.74) is 0.279. The Kier molecular flexibility index (Phi) is 4.34. The second-order valence-corrected chi connectivity index (χ2v) is 4.71. The van der Waals surface area contributed by atoms with Gasteiger partial charge < -0.3 is 10.1 Å². The quantitative estimate of drug-likeness (QED) is 0.830. The van der Waals surface area contributed by atoms with Crippen molar-refractivity contribution in [1.29, 1.82) is 0 Å². The largest absolute Gasteiger partial charge is 0.494 e. The number of amides is 1. The average molecular weight is 280 g/mol. The van der Waals surface area contributed by atoms with Crippen LogP contribution in [-0.2, 0) is 4.79 Å². The molecule has 1 saturated heterocycles. The second-order valence-electron chi connectivity index (χ2n) is 4.71. The van der Waals surface area contributed by atoms with Gasteiger partial charge >= 0.3 is 0 Å². The fourth-order valence-corrected chi connectivity index (χ4v) is 2.16.